The molecule has 1 amide bonds. The molecular weight excluding hydrogens is 260 g/mol. The summed E-state index contributed by atoms with van der Waals surface area (Å²) in [6.07, 6.45) is 8.32. The van der Waals surface area contributed by atoms with Crippen molar-refractivity contribution < 1.29 is 4.79 Å². The normalized spacial score (nSPS) is 18.0. The van der Waals surface area contributed by atoms with Gasteiger partial charge in [0.15, 0.2) is 0 Å². The van der Waals surface area contributed by atoms with E-state index >= 15 is 0 Å². The first-order valence-corrected chi connectivity index (χ1v) is 8.26. The van der Waals surface area contributed by atoms with Crippen LogP contribution in [0.15, 0.2) is 24.3 Å². The van der Waals surface area contributed by atoms with Crippen LogP contribution in [0.3, 0.4) is 0 Å². The zero-order chi connectivity index (χ0) is 15.1. The minimum absolute atomic E-state index is 0.164. The van der Waals surface area contributed by atoms with E-state index in [1.165, 1.54) is 38.5 Å². The molecule has 0 bridgehead atoms. The predicted molar refractivity (Wildman–Crippen MR) is 88.4 cm³/mol. The van der Waals surface area contributed by atoms with Crippen LogP contribution < -0.4 is 10.6 Å². The highest BCUT2D eigenvalue weighted by Gasteiger charge is 2.17. The molecule has 3 nitrogen and oxygen atoms in total. The lowest BCUT2D eigenvalue weighted by Crippen LogP contribution is -2.20. The Morgan fingerprint density at radius 1 is 1.19 bits per heavy atom. The van der Waals surface area contributed by atoms with E-state index in [4.69, 9.17) is 0 Å². The molecule has 2 N–H and O–H groups in total. The van der Waals surface area contributed by atoms with Gasteiger partial charge in [0.05, 0.1) is 0 Å². The molecule has 1 aromatic rings. The summed E-state index contributed by atoms with van der Waals surface area (Å²) in [7, 11) is 1.94. The third-order valence-corrected chi connectivity index (χ3v) is 4.58. The topological polar surface area (TPSA) is 41.1 Å². The van der Waals surface area contributed by atoms with E-state index in [0.717, 1.165) is 11.3 Å². The molecule has 0 saturated heterocycles. The maximum atomic E-state index is 12.3. The number of hydrogen-bond acceptors (Lipinski definition) is 2. The molecule has 0 radical (unpaired) electrons. The van der Waals surface area contributed by atoms with E-state index in [0.29, 0.717) is 12.3 Å². The molecule has 0 aliphatic heterocycles. The van der Waals surface area contributed by atoms with Crippen LogP contribution in [0.4, 0.5) is 5.69 Å². The quantitative estimate of drug-likeness (QED) is 0.795. The highest BCUT2D eigenvalue weighted by atomic mass is 16.1. The maximum Gasteiger partial charge on any atom is 0.224 e. The summed E-state index contributed by atoms with van der Waals surface area (Å²) >= 11 is 0. The predicted octanol–water partition coefficient (Wildman–Crippen LogP) is 4.27. The standard InChI is InChI=1S/C18H28N2O/c1-14(19-2)16-11-7-8-12-17(16)20-18(21)13-15-9-5-3-4-6-10-15/h7-8,11-12,14-15,19H,3-6,9-10,13H2,1-2H3,(H,20,21). The van der Waals surface area contributed by atoms with Crippen molar-refractivity contribution in [2.45, 2.75) is 57.9 Å². The lowest BCUT2D eigenvalue weighted by Gasteiger charge is -2.18. The molecule has 1 aliphatic rings. The number of hydrogen-bond donors (Lipinski definition) is 2. The van der Waals surface area contributed by atoms with Crippen LogP contribution in [0.5, 0.6) is 0 Å². The molecule has 21 heavy (non-hydrogen) atoms. The SMILES string of the molecule is CNC(C)c1ccccc1NC(=O)CC1CCCCCC1. The molecule has 0 heterocycles. The van der Waals surface area contributed by atoms with Gasteiger partial charge in [-0.05, 0) is 44.4 Å². The first-order chi connectivity index (χ1) is 10.2. The average Bonchev–Trinajstić information content (AvgIpc) is 2.75. The van der Waals surface area contributed by atoms with Gasteiger partial charge < -0.3 is 10.6 Å². The van der Waals surface area contributed by atoms with Gasteiger partial charge in [0.25, 0.3) is 0 Å². The average molecular weight is 288 g/mol. The minimum Gasteiger partial charge on any atom is -0.326 e. The molecule has 116 valence electrons. The second-order valence-corrected chi connectivity index (χ2v) is 6.21. The fraction of sp³-hybridized carbons (Fsp3) is 0.611. The molecule has 1 saturated carbocycles. The van der Waals surface area contributed by atoms with Crippen LogP contribution in [-0.2, 0) is 4.79 Å². The third kappa shape index (κ3) is 4.85. The van der Waals surface area contributed by atoms with Gasteiger partial charge >= 0.3 is 0 Å². The molecular formula is C18H28N2O. The minimum atomic E-state index is 0.164. The molecule has 1 aliphatic carbocycles. The van der Waals surface area contributed by atoms with E-state index < -0.39 is 0 Å². The summed E-state index contributed by atoms with van der Waals surface area (Å²) in [4.78, 5) is 12.3. The van der Waals surface area contributed by atoms with Crippen LogP contribution in [0.1, 0.15) is 63.5 Å². The second kappa shape index (κ2) is 8.18. The van der Waals surface area contributed by atoms with Crippen molar-refractivity contribution in [2.24, 2.45) is 5.92 Å². The van der Waals surface area contributed by atoms with Crippen LogP contribution in [0, 0.1) is 5.92 Å². The molecule has 1 aromatic carbocycles. The molecule has 1 unspecified atom stereocenters. The molecule has 3 heteroatoms. The lowest BCUT2D eigenvalue weighted by atomic mass is 9.96. The Kier molecular flexibility index (Phi) is 6.24. The van der Waals surface area contributed by atoms with Crippen molar-refractivity contribution in [3.8, 4) is 0 Å². The largest absolute Gasteiger partial charge is 0.326 e. The monoisotopic (exact) mass is 288 g/mol. The second-order valence-electron chi connectivity index (χ2n) is 6.21. The van der Waals surface area contributed by atoms with Crippen molar-refractivity contribution in [3.05, 3.63) is 29.8 Å². The maximum absolute atomic E-state index is 12.3. The van der Waals surface area contributed by atoms with Crippen molar-refractivity contribution in [1.82, 2.24) is 5.32 Å². The van der Waals surface area contributed by atoms with Gasteiger partial charge in [-0.1, -0.05) is 43.9 Å². The molecule has 0 spiro atoms. The summed E-state index contributed by atoms with van der Waals surface area (Å²) in [6.45, 7) is 2.11. The Balaban J connectivity index is 1.96. The summed E-state index contributed by atoms with van der Waals surface area (Å²) in [5, 5.41) is 6.35. The zero-order valence-electron chi connectivity index (χ0n) is 13.3. The lowest BCUT2D eigenvalue weighted by molar-refractivity contribution is -0.117. The van der Waals surface area contributed by atoms with Gasteiger partial charge in [0, 0.05) is 18.2 Å². The summed E-state index contributed by atoms with van der Waals surface area (Å²) in [6, 6.07) is 8.30. The van der Waals surface area contributed by atoms with Gasteiger partial charge in [-0.15, -0.1) is 0 Å². The van der Waals surface area contributed by atoms with Gasteiger partial charge in [-0.3, -0.25) is 4.79 Å². The Morgan fingerprint density at radius 3 is 2.52 bits per heavy atom. The van der Waals surface area contributed by atoms with Crippen molar-refractivity contribution in [1.29, 1.82) is 0 Å². The number of amides is 1. The number of carbonyl (C=O) groups is 1. The Hall–Kier alpha value is -1.35. The molecule has 0 aromatic heterocycles. The number of anilines is 1. The number of carbonyl (C=O) groups excluding carboxylic acids is 1. The van der Waals surface area contributed by atoms with Crippen LogP contribution in [-0.4, -0.2) is 13.0 Å². The van der Waals surface area contributed by atoms with Gasteiger partial charge in [0.2, 0.25) is 5.91 Å². The number of rotatable bonds is 5. The Labute approximate surface area is 128 Å². The van der Waals surface area contributed by atoms with Crippen LogP contribution >= 0.6 is 0 Å². The first kappa shape index (κ1) is 16.0. The fourth-order valence-corrected chi connectivity index (χ4v) is 3.18. The molecule has 2 rings (SSSR count). The fourth-order valence-electron chi connectivity index (χ4n) is 3.18. The number of benzene rings is 1. The van der Waals surface area contributed by atoms with E-state index in [-0.39, 0.29) is 11.9 Å². The van der Waals surface area contributed by atoms with E-state index in [9.17, 15) is 4.79 Å². The van der Waals surface area contributed by atoms with Crippen molar-refractivity contribution >= 4 is 11.6 Å². The van der Waals surface area contributed by atoms with E-state index in [1.54, 1.807) is 0 Å². The number of nitrogens with one attached hydrogen (secondary N) is 2. The van der Waals surface area contributed by atoms with Crippen molar-refractivity contribution in [2.75, 3.05) is 12.4 Å². The third-order valence-electron chi connectivity index (χ3n) is 4.58. The van der Waals surface area contributed by atoms with Crippen molar-refractivity contribution in [3.63, 3.8) is 0 Å². The molecule has 1 atom stereocenters. The molecule has 1 fully saturated rings. The zero-order valence-corrected chi connectivity index (χ0v) is 13.3. The Bertz CT molecular complexity index is 450. The smallest absolute Gasteiger partial charge is 0.224 e. The highest BCUT2D eigenvalue weighted by Crippen LogP contribution is 2.27. The summed E-state index contributed by atoms with van der Waals surface area (Å²) in [5.41, 5.74) is 2.09. The Morgan fingerprint density at radius 2 is 1.86 bits per heavy atom. The van der Waals surface area contributed by atoms with Gasteiger partial charge in [-0.25, -0.2) is 0 Å². The number of para-hydroxylation sites is 1. The van der Waals surface area contributed by atoms with Gasteiger partial charge in [0.1, 0.15) is 0 Å². The van der Waals surface area contributed by atoms with Crippen LogP contribution in [0.25, 0.3) is 0 Å². The first-order valence-electron chi connectivity index (χ1n) is 8.26. The van der Waals surface area contributed by atoms with E-state index in [1.807, 2.05) is 25.2 Å². The van der Waals surface area contributed by atoms with Crippen LogP contribution in [0.2, 0.25) is 0 Å². The summed E-state index contributed by atoms with van der Waals surface area (Å²) < 4.78 is 0. The van der Waals surface area contributed by atoms with E-state index in [2.05, 4.69) is 23.6 Å². The highest BCUT2D eigenvalue weighted by molar-refractivity contribution is 5.91. The van der Waals surface area contributed by atoms with Gasteiger partial charge in [-0.2, -0.15) is 0 Å². The summed E-state index contributed by atoms with van der Waals surface area (Å²) in [5.74, 6) is 0.735.